The molecule has 0 unspecified atom stereocenters. The fraction of sp³-hybridized carbons (Fsp3) is 0.583. The van der Waals surface area contributed by atoms with Gasteiger partial charge in [-0.25, -0.2) is 19.0 Å². The van der Waals surface area contributed by atoms with Crippen LogP contribution in [0.4, 0.5) is 10.2 Å². The number of hydrogen-bond donors (Lipinski definition) is 4. The Morgan fingerprint density at radius 2 is 2.22 bits per heavy atom. The molecule has 0 amide bonds. The van der Waals surface area contributed by atoms with Crippen LogP contribution in [0.2, 0.25) is 0 Å². The molecule has 0 saturated heterocycles. The van der Waals surface area contributed by atoms with Crippen LogP contribution in [0.25, 0.3) is 11.2 Å². The van der Waals surface area contributed by atoms with Crippen molar-refractivity contribution in [3.63, 3.8) is 0 Å². The molecule has 1 aromatic carbocycles. The first-order valence-electron chi connectivity index (χ1n) is 17.0. The van der Waals surface area contributed by atoms with Gasteiger partial charge in [0.25, 0.3) is 0 Å². The van der Waals surface area contributed by atoms with E-state index in [1.165, 1.54) is 6.92 Å². The summed E-state index contributed by atoms with van der Waals surface area (Å²) < 4.78 is 120. The lowest BCUT2D eigenvalue weighted by Gasteiger charge is -2.17. The lowest BCUT2D eigenvalue weighted by atomic mass is 10.1. The second kappa shape index (κ2) is 10.5. The van der Waals surface area contributed by atoms with Crippen LogP contribution in [-0.4, -0.2) is 83.5 Å². The van der Waals surface area contributed by atoms with Gasteiger partial charge in [0.2, 0.25) is 0 Å². The fourth-order valence-electron chi connectivity index (χ4n) is 3.46. The summed E-state index contributed by atoms with van der Waals surface area (Å²) in [7, 11) is 0. The van der Waals surface area contributed by atoms with E-state index >= 15 is 0 Å². The van der Waals surface area contributed by atoms with E-state index in [0.717, 1.165) is 11.8 Å². The van der Waals surface area contributed by atoms with Crippen molar-refractivity contribution in [3.05, 3.63) is 35.1 Å². The van der Waals surface area contributed by atoms with E-state index in [2.05, 4.69) is 25.6 Å². The highest BCUT2D eigenvalue weighted by molar-refractivity contribution is 7.99. The number of thioether (sulfide) groups is 1. The van der Waals surface area contributed by atoms with E-state index in [-0.39, 0.29) is 38.7 Å². The Morgan fingerprint density at radius 3 is 3.00 bits per heavy atom. The maximum absolute atomic E-state index is 14.7. The SMILES string of the molecule is [2H]c1c([2H])c([C@@H]2C[C@@]2([2H])Nc2nc(SCCC)nc3c2nnn3[C@]2([2H])C([2H])([2H])[C@]([2H])(OCC([2H])([2H])O)[C@@]([2H])(O)[C@@]2([2H])O)c([2H])c(F)c1C. The number of aromatic nitrogens is 5. The summed E-state index contributed by atoms with van der Waals surface area (Å²) in [4.78, 5) is 8.61. The molecule has 12 heteroatoms. The standard InChI is InChI=1S/C24H31FN6O4S/c1-3-8-36-24-27-22(26-16-10-14(16)13-5-4-12(2)15(25)9-13)19-23(28-24)31(30-29-19)17-11-18(35-7-6-32)21(34)20(17)33/h4-5,9,14,16-18,20-21,32-34H,3,6-8,10-11H2,1-2H3,(H,26,27,28)/t14-,16+,17+,18-,20-,21+/m0/s1/i4D,5D,6D2,9D,11D2,16D,17D,18D,20D,21D. The number of nitrogens with one attached hydrogen (secondary N) is 1. The van der Waals surface area contributed by atoms with Gasteiger partial charge in [0.15, 0.2) is 22.1 Å². The normalized spacial score (nSPS) is 44.4. The minimum atomic E-state index is -4.03. The number of hydrogen-bond acceptors (Lipinski definition) is 10. The highest BCUT2D eigenvalue weighted by Gasteiger charge is 2.45. The molecule has 194 valence electrons. The molecule has 2 fully saturated rings. The van der Waals surface area contributed by atoms with Crippen molar-refractivity contribution >= 4 is 28.7 Å². The molecule has 2 heterocycles. The molecular weight excluding hydrogens is 487 g/mol. The van der Waals surface area contributed by atoms with Gasteiger partial charge in [0.1, 0.15) is 18.0 Å². The van der Waals surface area contributed by atoms with Gasteiger partial charge >= 0.3 is 0 Å². The molecule has 3 aromatic rings. The summed E-state index contributed by atoms with van der Waals surface area (Å²) in [5.74, 6) is -1.80. The van der Waals surface area contributed by atoms with Gasteiger partial charge < -0.3 is 25.4 Å². The molecule has 36 heavy (non-hydrogen) atoms. The quantitative estimate of drug-likeness (QED) is 0.228. The summed E-state index contributed by atoms with van der Waals surface area (Å²) in [6.45, 7) is -1.62. The van der Waals surface area contributed by atoms with Crippen molar-refractivity contribution in [3.8, 4) is 0 Å². The minimum absolute atomic E-state index is 0.0629. The Labute approximate surface area is 229 Å². The van der Waals surface area contributed by atoms with Crippen molar-refractivity contribution in [2.24, 2.45) is 0 Å². The molecule has 6 atom stereocenters. The maximum atomic E-state index is 14.7. The lowest BCUT2D eigenvalue weighted by molar-refractivity contribution is -0.0629. The summed E-state index contributed by atoms with van der Waals surface area (Å²) in [5, 5.41) is 42.0. The molecule has 2 aliphatic rings. The van der Waals surface area contributed by atoms with E-state index in [1.54, 1.807) is 0 Å². The molecule has 0 bridgehead atoms. The first kappa shape index (κ1) is 14.5. The second-order valence-corrected chi connectivity index (χ2v) is 9.02. The van der Waals surface area contributed by atoms with Gasteiger partial charge in [-0.3, -0.25) is 0 Å². The highest BCUT2D eigenvalue weighted by atomic mass is 32.2. The van der Waals surface area contributed by atoms with Gasteiger partial charge in [-0.15, -0.1) is 5.10 Å². The van der Waals surface area contributed by atoms with Crippen LogP contribution < -0.4 is 5.32 Å². The van der Waals surface area contributed by atoms with Crippen molar-refractivity contribution in [2.75, 3.05) is 24.2 Å². The molecule has 0 aliphatic heterocycles. The van der Waals surface area contributed by atoms with Gasteiger partial charge in [-0.05, 0) is 36.9 Å². The zero-order chi connectivity index (χ0) is 36.2. The Balaban J connectivity index is 1.65. The molecule has 2 saturated carbocycles. The lowest BCUT2D eigenvalue weighted by Crippen LogP contribution is -2.33. The van der Waals surface area contributed by atoms with Crippen LogP contribution >= 0.6 is 11.8 Å². The number of fused-ring (bicyclic) bond motifs is 1. The molecule has 4 N–H and O–H groups in total. The number of aliphatic hydroxyl groups is 3. The average Bonchev–Trinajstić information content (AvgIpc) is 3.41. The topological polar surface area (TPSA) is 138 Å². The van der Waals surface area contributed by atoms with Gasteiger partial charge in [0.05, 0.1) is 39.0 Å². The largest absolute Gasteiger partial charge is 0.394 e. The van der Waals surface area contributed by atoms with Gasteiger partial charge in [-0.1, -0.05) is 36.0 Å². The van der Waals surface area contributed by atoms with E-state index in [0.29, 0.717) is 12.2 Å². The van der Waals surface area contributed by atoms with Crippen LogP contribution in [0, 0.1) is 12.7 Å². The number of ether oxygens (including phenoxy) is 1. The van der Waals surface area contributed by atoms with Crippen LogP contribution in [-0.2, 0) is 4.74 Å². The molecular formula is C24H31FN6O4S. The van der Waals surface area contributed by atoms with Gasteiger partial charge in [-0.2, -0.15) is 0 Å². The van der Waals surface area contributed by atoms with Crippen molar-refractivity contribution in [1.29, 1.82) is 0 Å². The zero-order valence-corrected chi connectivity index (χ0v) is 20.0. The number of halogens is 1. The van der Waals surface area contributed by atoms with E-state index in [9.17, 15) is 19.7 Å². The maximum Gasteiger partial charge on any atom is 0.191 e. The average molecular weight is 531 g/mol. The Morgan fingerprint density at radius 1 is 1.39 bits per heavy atom. The van der Waals surface area contributed by atoms with Crippen molar-refractivity contribution in [2.45, 2.75) is 74.4 Å². The molecule has 5 rings (SSSR count). The number of anilines is 1. The highest BCUT2D eigenvalue weighted by Crippen LogP contribution is 2.44. The van der Waals surface area contributed by atoms with Crippen LogP contribution in [0.1, 0.15) is 65.7 Å². The van der Waals surface area contributed by atoms with Crippen molar-refractivity contribution in [1.82, 2.24) is 25.0 Å². The third-order valence-electron chi connectivity index (χ3n) is 5.37. The predicted octanol–water partition coefficient (Wildman–Crippen LogP) is 2.18. The third kappa shape index (κ3) is 4.92. The Hall–Kier alpha value is -2.38. The third-order valence-corrected chi connectivity index (χ3v) is 6.43. The van der Waals surface area contributed by atoms with Crippen molar-refractivity contribution < 1.29 is 40.9 Å². The minimum Gasteiger partial charge on any atom is -0.394 e. The first-order valence-corrected chi connectivity index (χ1v) is 11.9. The molecule has 0 spiro atoms. The monoisotopic (exact) mass is 530 g/mol. The Bertz CT molecular complexity index is 1770. The summed E-state index contributed by atoms with van der Waals surface area (Å²) in [6.07, 6.45) is -15.1. The molecule has 2 aromatic heterocycles. The summed E-state index contributed by atoms with van der Waals surface area (Å²) in [5.41, 5.74) is -1.31. The summed E-state index contributed by atoms with van der Waals surface area (Å²) in [6, 6.07) is -6.93. The summed E-state index contributed by atoms with van der Waals surface area (Å²) >= 11 is 1.06. The first-order chi connectivity index (χ1) is 21.8. The second-order valence-electron chi connectivity index (χ2n) is 7.96. The van der Waals surface area contributed by atoms with E-state index < -0.39 is 85.3 Å². The number of benzene rings is 1. The van der Waals surface area contributed by atoms with Crippen LogP contribution in [0.3, 0.4) is 0 Å². The van der Waals surface area contributed by atoms with E-state index in [4.69, 9.17) is 21.2 Å². The van der Waals surface area contributed by atoms with E-state index in [1.807, 2.05) is 6.92 Å². The Kier molecular flexibility index (Phi) is 4.25. The number of nitrogens with zero attached hydrogens (tertiary/aromatic N) is 5. The molecule has 2 aliphatic carbocycles. The molecule has 10 nitrogen and oxygen atoms in total. The van der Waals surface area contributed by atoms with Crippen LogP contribution in [0.15, 0.2) is 23.3 Å². The zero-order valence-electron chi connectivity index (χ0n) is 31.2. The van der Waals surface area contributed by atoms with Crippen LogP contribution in [0.5, 0.6) is 0 Å². The number of rotatable bonds is 10. The van der Waals surface area contributed by atoms with Gasteiger partial charge in [0, 0.05) is 26.8 Å². The molecule has 0 radical (unpaired) electrons. The predicted molar refractivity (Wildman–Crippen MR) is 133 cm³/mol. The smallest absolute Gasteiger partial charge is 0.191 e. The fourth-order valence-corrected chi connectivity index (χ4v) is 4.15.